The third-order valence-electron chi connectivity index (χ3n) is 6.27. The molecule has 0 aromatic heterocycles. The van der Waals surface area contributed by atoms with Crippen molar-refractivity contribution in [1.82, 2.24) is 26.6 Å². The van der Waals surface area contributed by atoms with Gasteiger partial charge in [-0.25, -0.2) is 0 Å². The molecule has 0 bridgehead atoms. The number of hydrogen-bond donors (Lipinski definition) is 7. The summed E-state index contributed by atoms with van der Waals surface area (Å²) >= 11 is 0. The molecule has 2 aromatic rings. The molecule has 2 aromatic carbocycles. The number of aliphatic hydroxyl groups excluding tert-OH is 1. The van der Waals surface area contributed by atoms with Crippen molar-refractivity contribution in [3.05, 3.63) is 78.1 Å². The van der Waals surface area contributed by atoms with Crippen molar-refractivity contribution in [3.63, 3.8) is 0 Å². The second-order valence-corrected chi connectivity index (χ2v) is 10.2. The molecule has 2 rings (SSSR count). The maximum Gasteiger partial charge on any atom is 0.243 e. The number of hydrogen-bond acceptors (Lipinski definition) is 7. The van der Waals surface area contributed by atoms with Crippen LogP contribution in [0, 0.1) is 5.92 Å². The number of aliphatic hydroxyl groups is 1. The average molecular weight is 568 g/mol. The molecular weight excluding hydrogens is 526 g/mol. The maximum absolute atomic E-state index is 13.1. The molecule has 222 valence electrons. The van der Waals surface area contributed by atoms with Crippen molar-refractivity contribution in [1.29, 1.82) is 0 Å². The lowest BCUT2D eigenvalue weighted by Crippen LogP contribution is -2.53. The molecule has 0 heterocycles. The largest absolute Gasteiger partial charge is 0.511 e. The highest BCUT2D eigenvalue weighted by Gasteiger charge is 2.25. The maximum atomic E-state index is 13.1. The first kappa shape index (κ1) is 32.8. The Hall–Kier alpha value is -4.38. The molecule has 0 fully saturated rings. The molecule has 3 unspecified atom stereocenters. The van der Waals surface area contributed by atoms with E-state index in [1.165, 1.54) is 12.1 Å². The number of phenols is 1. The lowest BCUT2D eigenvalue weighted by Gasteiger charge is -2.24. The van der Waals surface area contributed by atoms with Gasteiger partial charge >= 0.3 is 0 Å². The molecule has 11 nitrogen and oxygen atoms in total. The second kappa shape index (κ2) is 16.7. The van der Waals surface area contributed by atoms with Gasteiger partial charge in [0.15, 0.2) is 0 Å². The summed E-state index contributed by atoms with van der Waals surface area (Å²) in [7, 11) is 1.62. The third kappa shape index (κ3) is 12.1. The number of likely N-dealkylation sites (N-methyl/N-ethyl adjacent to an activating group) is 1. The van der Waals surface area contributed by atoms with Gasteiger partial charge in [-0.2, -0.15) is 0 Å². The zero-order valence-electron chi connectivity index (χ0n) is 23.8. The van der Waals surface area contributed by atoms with Crippen LogP contribution in [0.2, 0.25) is 0 Å². The quantitative estimate of drug-likeness (QED) is 0.149. The lowest BCUT2D eigenvalue weighted by molar-refractivity contribution is -0.130. The number of benzene rings is 2. The minimum Gasteiger partial charge on any atom is -0.511 e. The molecule has 0 saturated heterocycles. The summed E-state index contributed by atoms with van der Waals surface area (Å²) in [5, 5.41) is 32.6. The number of rotatable bonds is 16. The van der Waals surface area contributed by atoms with E-state index in [9.17, 15) is 29.4 Å². The van der Waals surface area contributed by atoms with Crippen molar-refractivity contribution in [3.8, 4) is 5.75 Å². The van der Waals surface area contributed by atoms with Gasteiger partial charge in [-0.1, -0.05) is 62.9 Å². The summed E-state index contributed by atoms with van der Waals surface area (Å²) in [6.07, 6.45) is 1.01. The molecule has 4 amide bonds. The van der Waals surface area contributed by atoms with Gasteiger partial charge < -0.3 is 36.8 Å². The van der Waals surface area contributed by atoms with Crippen LogP contribution >= 0.6 is 0 Å². The van der Waals surface area contributed by atoms with Crippen LogP contribution in [0.25, 0.3) is 0 Å². The molecule has 0 aliphatic heterocycles. The molecule has 3 atom stereocenters. The van der Waals surface area contributed by atoms with Crippen LogP contribution in [0.3, 0.4) is 0 Å². The predicted octanol–water partition coefficient (Wildman–Crippen LogP) is 1.09. The fourth-order valence-corrected chi connectivity index (χ4v) is 4.05. The van der Waals surface area contributed by atoms with Crippen molar-refractivity contribution in [2.75, 3.05) is 20.1 Å². The van der Waals surface area contributed by atoms with E-state index in [0.717, 1.165) is 11.1 Å². The molecule has 11 heteroatoms. The summed E-state index contributed by atoms with van der Waals surface area (Å²) in [6, 6.07) is 13.3. The minimum absolute atomic E-state index is 0.123. The normalized spacial score (nSPS) is 13.0. The molecule has 0 radical (unpaired) electrons. The fourth-order valence-electron chi connectivity index (χ4n) is 4.05. The zero-order chi connectivity index (χ0) is 30.4. The van der Waals surface area contributed by atoms with E-state index >= 15 is 0 Å². The highest BCUT2D eigenvalue weighted by Crippen LogP contribution is 2.12. The number of phenolic OH excluding ortho intramolecular Hbond substituents is 1. The molecule has 41 heavy (non-hydrogen) atoms. The Labute approximate surface area is 240 Å². The Bertz CT molecular complexity index is 1170. The standard InChI is InChI=1S/C30H41N5O6/c1-19(2)14-24(20(3)36)35-30(41)26(16-21-8-6-5-7-9-21)34-28(39)18-32-27(38)17-33-29(40)25(31-4)15-22-10-12-23(37)13-11-22/h5-13,19,24-26,31,36-37H,3,14-18H2,1-2,4H3,(H,32,38)(H,33,40)(H,34,39)(H,35,41). The Balaban J connectivity index is 1.91. The van der Waals surface area contributed by atoms with E-state index in [1.54, 1.807) is 19.2 Å². The van der Waals surface area contributed by atoms with E-state index < -0.39 is 48.3 Å². The number of carbonyl (C=O) groups is 4. The van der Waals surface area contributed by atoms with Crippen LogP contribution in [-0.2, 0) is 32.0 Å². The number of nitrogens with one attached hydrogen (secondary N) is 5. The first-order chi connectivity index (χ1) is 19.5. The Morgan fingerprint density at radius 3 is 1.93 bits per heavy atom. The number of amides is 4. The van der Waals surface area contributed by atoms with Gasteiger partial charge in [0.2, 0.25) is 23.6 Å². The smallest absolute Gasteiger partial charge is 0.243 e. The van der Waals surface area contributed by atoms with Gasteiger partial charge in [-0.3, -0.25) is 19.2 Å². The molecule has 7 N–H and O–H groups in total. The highest BCUT2D eigenvalue weighted by atomic mass is 16.3. The van der Waals surface area contributed by atoms with Crippen molar-refractivity contribution in [2.45, 2.75) is 51.2 Å². The Morgan fingerprint density at radius 1 is 0.756 bits per heavy atom. The Kier molecular flexibility index (Phi) is 13.3. The number of aromatic hydroxyl groups is 1. The molecule has 0 aliphatic rings. The van der Waals surface area contributed by atoms with Crippen molar-refractivity contribution in [2.24, 2.45) is 5.92 Å². The van der Waals surface area contributed by atoms with Gasteiger partial charge in [0.25, 0.3) is 0 Å². The van der Waals surface area contributed by atoms with Gasteiger partial charge in [0.1, 0.15) is 17.6 Å². The van der Waals surface area contributed by atoms with Crippen molar-refractivity contribution >= 4 is 23.6 Å². The molecule has 0 saturated carbocycles. The second-order valence-electron chi connectivity index (χ2n) is 10.2. The molecular formula is C30H41N5O6. The first-order valence-electron chi connectivity index (χ1n) is 13.5. The summed E-state index contributed by atoms with van der Waals surface area (Å²) in [5.74, 6) is -1.93. The minimum atomic E-state index is -0.966. The highest BCUT2D eigenvalue weighted by molar-refractivity contribution is 5.92. The van der Waals surface area contributed by atoms with E-state index in [-0.39, 0.29) is 30.4 Å². The van der Waals surface area contributed by atoms with Crippen molar-refractivity contribution < 1.29 is 29.4 Å². The van der Waals surface area contributed by atoms with Crippen LogP contribution < -0.4 is 26.6 Å². The number of carbonyl (C=O) groups excluding carboxylic acids is 4. The molecule has 0 aliphatic carbocycles. The van der Waals surface area contributed by atoms with E-state index in [2.05, 4.69) is 33.2 Å². The fraction of sp³-hybridized carbons (Fsp3) is 0.400. The first-order valence-corrected chi connectivity index (χ1v) is 13.5. The SMILES string of the molecule is C=C(O)C(CC(C)C)NC(=O)C(Cc1ccccc1)NC(=O)CNC(=O)CNC(=O)C(Cc1ccc(O)cc1)NC. The van der Waals surface area contributed by atoms with Gasteiger partial charge in [0, 0.05) is 6.42 Å². The van der Waals surface area contributed by atoms with E-state index in [0.29, 0.717) is 12.8 Å². The van der Waals surface area contributed by atoms with E-state index in [1.807, 2.05) is 44.2 Å². The van der Waals surface area contributed by atoms with Gasteiger partial charge in [-0.05, 0) is 49.1 Å². The van der Waals surface area contributed by atoms with Crippen LogP contribution in [0.5, 0.6) is 5.75 Å². The Morgan fingerprint density at radius 2 is 1.34 bits per heavy atom. The summed E-state index contributed by atoms with van der Waals surface area (Å²) in [6.45, 7) is 6.70. The average Bonchev–Trinajstić information content (AvgIpc) is 2.94. The topological polar surface area (TPSA) is 169 Å². The van der Waals surface area contributed by atoms with Crippen LogP contribution in [0.4, 0.5) is 0 Å². The lowest BCUT2D eigenvalue weighted by atomic mass is 10.0. The van der Waals surface area contributed by atoms with Gasteiger partial charge in [-0.15, -0.1) is 0 Å². The summed E-state index contributed by atoms with van der Waals surface area (Å²) in [4.78, 5) is 50.6. The van der Waals surface area contributed by atoms with Crippen LogP contribution in [0.1, 0.15) is 31.4 Å². The van der Waals surface area contributed by atoms with E-state index in [4.69, 9.17) is 0 Å². The summed E-state index contributed by atoms with van der Waals surface area (Å²) < 4.78 is 0. The van der Waals surface area contributed by atoms with Crippen LogP contribution in [0.15, 0.2) is 66.9 Å². The van der Waals surface area contributed by atoms with Gasteiger partial charge in [0.05, 0.1) is 25.2 Å². The molecule has 0 spiro atoms. The monoisotopic (exact) mass is 567 g/mol. The third-order valence-corrected chi connectivity index (χ3v) is 6.27. The zero-order valence-corrected chi connectivity index (χ0v) is 23.8. The summed E-state index contributed by atoms with van der Waals surface area (Å²) in [5.41, 5.74) is 1.64. The predicted molar refractivity (Wildman–Crippen MR) is 156 cm³/mol. The van der Waals surface area contributed by atoms with Crippen LogP contribution in [-0.4, -0.2) is 72.1 Å².